The van der Waals surface area contributed by atoms with E-state index >= 15 is 0 Å². The van der Waals surface area contributed by atoms with Gasteiger partial charge in [0.05, 0.1) is 0 Å². The smallest absolute Gasteiger partial charge is 0.125 e. The summed E-state index contributed by atoms with van der Waals surface area (Å²) in [4.78, 5) is 0. The molecule has 4 atom stereocenters. The molecule has 2 aliphatic rings. The van der Waals surface area contributed by atoms with E-state index in [1.165, 1.54) is 17.6 Å². The number of alkyl halides is 1. The van der Waals surface area contributed by atoms with Gasteiger partial charge in [0.1, 0.15) is 6.17 Å². The third-order valence-corrected chi connectivity index (χ3v) is 3.72. The van der Waals surface area contributed by atoms with Gasteiger partial charge in [-0.25, -0.2) is 4.39 Å². The summed E-state index contributed by atoms with van der Waals surface area (Å²) >= 11 is 0. The Morgan fingerprint density at radius 2 is 2.27 bits per heavy atom. The van der Waals surface area contributed by atoms with Crippen molar-refractivity contribution in [1.82, 2.24) is 0 Å². The van der Waals surface area contributed by atoms with Crippen LogP contribution in [-0.4, -0.2) is 12.2 Å². The Morgan fingerprint density at radius 1 is 1.53 bits per heavy atom. The van der Waals surface area contributed by atoms with E-state index in [-0.39, 0.29) is 12.0 Å². The second-order valence-electron chi connectivity index (χ2n) is 5.06. The fourth-order valence-corrected chi connectivity index (χ4v) is 2.84. The maximum Gasteiger partial charge on any atom is 0.125 e. The van der Waals surface area contributed by atoms with E-state index in [2.05, 4.69) is 6.92 Å². The van der Waals surface area contributed by atoms with Crippen molar-refractivity contribution in [3.63, 3.8) is 0 Å². The van der Waals surface area contributed by atoms with Crippen molar-refractivity contribution < 1.29 is 4.39 Å². The van der Waals surface area contributed by atoms with Gasteiger partial charge in [0.15, 0.2) is 0 Å². The molecule has 0 saturated heterocycles. The zero-order valence-electron chi connectivity index (χ0n) is 9.54. The first kappa shape index (κ1) is 10.9. The topological polar surface area (TPSA) is 26.0 Å². The molecule has 0 aromatic rings. The summed E-state index contributed by atoms with van der Waals surface area (Å²) < 4.78 is 13.8. The molecule has 15 heavy (non-hydrogen) atoms. The van der Waals surface area contributed by atoms with E-state index in [1.54, 1.807) is 6.08 Å². The van der Waals surface area contributed by atoms with Gasteiger partial charge in [-0.05, 0) is 43.8 Å². The number of halogens is 1. The fraction of sp³-hybridized carbons (Fsp3) is 0.692. The van der Waals surface area contributed by atoms with Gasteiger partial charge in [-0.1, -0.05) is 18.6 Å². The Morgan fingerprint density at radius 3 is 2.93 bits per heavy atom. The molecule has 2 aliphatic carbocycles. The normalized spacial score (nSPS) is 37.7. The highest BCUT2D eigenvalue weighted by molar-refractivity contribution is 5.37. The molecule has 0 amide bonds. The summed E-state index contributed by atoms with van der Waals surface area (Å²) in [6, 6.07) is 0.0413. The summed E-state index contributed by atoms with van der Waals surface area (Å²) in [6.45, 7) is 4.20. The SMILES string of the molecule is CC1CCC2=C([C@@H](C)N)C=CC(F)C2C1. The second kappa shape index (κ2) is 4.09. The van der Waals surface area contributed by atoms with Crippen molar-refractivity contribution >= 4 is 0 Å². The average molecular weight is 209 g/mol. The monoisotopic (exact) mass is 209 g/mol. The maximum atomic E-state index is 13.8. The highest BCUT2D eigenvalue weighted by Gasteiger charge is 2.33. The van der Waals surface area contributed by atoms with E-state index in [4.69, 9.17) is 5.73 Å². The molecule has 0 aromatic heterocycles. The molecule has 1 nitrogen and oxygen atoms in total. The number of rotatable bonds is 1. The van der Waals surface area contributed by atoms with Gasteiger partial charge in [-0.2, -0.15) is 0 Å². The molecule has 0 radical (unpaired) electrons. The van der Waals surface area contributed by atoms with Crippen LogP contribution in [0.5, 0.6) is 0 Å². The van der Waals surface area contributed by atoms with E-state index in [0.29, 0.717) is 5.92 Å². The zero-order valence-corrected chi connectivity index (χ0v) is 9.54. The molecule has 2 rings (SSSR count). The Labute approximate surface area is 91.2 Å². The number of hydrogen-bond acceptors (Lipinski definition) is 1. The summed E-state index contributed by atoms with van der Waals surface area (Å²) in [5, 5.41) is 0. The van der Waals surface area contributed by atoms with E-state index in [1.807, 2.05) is 13.0 Å². The third kappa shape index (κ3) is 2.00. The minimum absolute atomic E-state index is 0.0413. The van der Waals surface area contributed by atoms with Crippen molar-refractivity contribution in [2.24, 2.45) is 17.6 Å². The van der Waals surface area contributed by atoms with Crippen LogP contribution in [0.1, 0.15) is 33.1 Å². The maximum absolute atomic E-state index is 13.8. The molecule has 0 aromatic carbocycles. The number of hydrogen-bond donors (Lipinski definition) is 1. The third-order valence-electron chi connectivity index (χ3n) is 3.72. The lowest BCUT2D eigenvalue weighted by atomic mass is 9.71. The van der Waals surface area contributed by atoms with Gasteiger partial charge in [0, 0.05) is 12.0 Å². The standard InChI is InChI=1S/C13H20FN/c1-8-3-4-11-10(9(2)15)5-6-13(14)12(11)7-8/h5-6,8-9,12-13H,3-4,7,15H2,1-2H3/t8?,9-,12?,13?/m1/s1. The zero-order chi connectivity index (χ0) is 11.0. The van der Waals surface area contributed by atoms with Crippen LogP contribution in [0, 0.1) is 11.8 Å². The molecule has 3 unspecified atom stereocenters. The predicted octanol–water partition coefficient (Wildman–Crippen LogP) is 2.97. The van der Waals surface area contributed by atoms with E-state index < -0.39 is 6.17 Å². The quantitative estimate of drug-likeness (QED) is 0.706. The van der Waals surface area contributed by atoms with Crippen LogP contribution in [0.3, 0.4) is 0 Å². The van der Waals surface area contributed by atoms with Crippen LogP contribution in [0.2, 0.25) is 0 Å². The fourth-order valence-electron chi connectivity index (χ4n) is 2.84. The lowest BCUT2D eigenvalue weighted by Crippen LogP contribution is -2.31. The van der Waals surface area contributed by atoms with Crippen molar-refractivity contribution in [3.05, 3.63) is 23.3 Å². The number of allylic oxidation sites excluding steroid dienone is 2. The minimum atomic E-state index is -0.787. The van der Waals surface area contributed by atoms with Gasteiger partial charge >= 0.3 is 0 Å². The van der Waals surface area contributed by atoms with Gasteiger partial charge in [-0.15, -0.1) is 0 Å². The number of fused-ring (bicyclic) bond motifs is 1. The van der Waals surface area contributed by atoms with E-state index in [9.17, 15) is 4.39 Å². The predicted molar refractivity (Wildman–Crippen MR) is 61.2 cm³/mol. The summed E-state index contributed by atoms with van der Waals surface area (Å²) in [7, 11) is 0. The van der Waals surface area contributed by atoms with Crippen LogP contribution in [0.4, 0.5) is 4.39 Å². The molecule has 0 heterocycles. The molecule has 1 fully saturated rings. The molecular formula is C13H20FN. The van der Waals surface area contributed by atoms with Crippen molar-refractivity contribution in [3.8, 4) is 0 Å². The lowest BCUT2D eigenvalue weighted by molar-refractivity contribution is 0.233. The molecule has 84 valence electrons. The first-order valence-corrected chi connectivity index (χ1v) is 5.90. The minimum Gasteiger partial charge on any atom is -0.324 e. The van der Waals surface area contributed by atoms with Crippen molar-refractivity contribution in [2.45, 2.75) is 45.3 Å². The molecular weight excluding hydrogens is 189 g/mol. The van der Waals surface area contributed by atoms with Crippen LogP contribution in [-0.2, 0) is 0 Å². The first-order valence-electron chi connectivity index (χ1n) is 5.90. The molecule has 2 heteroatoms. The van der Waals surface area contributed by atoms with Crippen LogP contribution < -0.4 is 5.73 Å². The largest absolute Gasteiger partial charge is 0.324 e. The Hall–Kier alpha value is -0.630. The van der Waals surface area contributed by atoms with Gasteiger partial charge in [0.2, 0.25) is 0 Å². The summed E-state index contributed by atoms with van der Waals surface area (Å²) in [6.07, 6.45) is 6.00. The lowest BCUT2D eigenvalue weighted by Gasteiger charge is -2.35. The van der Waals surface area contributed by atoms with Crippen LogP contribution >= 0.6 is 0 Å². The second-order valence-corrected chi connectivity index (χ2v) is 5.06. The van der Waals surface area contributed by atoms with Gasteiger partial charge in [-0.3, -0.25) is 0 Å². The highest BCUT2D eigenvalue weighted by Crippen LogP contribution is 2.41. The van der Waals surface area contributed by atoms with Gasteiger partial charge < -0.3 is 5.73 Å². The van der Waals surface area contributed by atoms with Crippen molar-refractivity contribution in [1.29, 1.82) is 0 Å². The Bertz CT molecular complexity index is 304. The highest BCUT2D eigenvalue weighted by atomic mass is 19.1. The van der Waals surface area contributed by atoms with E-state index in [0.717, 1.165) is 12.8 Å². The molecule has 2 N–H and O–H groups in total. The molecule has 0 bridgehead atoms. The first-order chi connectivity index (χ1) is 7.09. The molecule has 0 spiro atoms. The average Bonchev–Trinajstić information content (AvgIpc) is 2.19. The Kier molecular flexibility index (Phi) is 2.96. The molecule has 0 aliphatic heterocycles. The van der Waals surface area contributed by atoms with Crippen LogP contribution in [0.15, 0.2) is 23.3 Å². The van der Waals surface area contributed by atoms with Crippen molar-refractivity contribution in [2.75, 3.05) is 0 Å². The number of nitrogens with two attached hydrogens (primary N) is 1. The van der Waals surface area contributed by atoms with Crippen LogP contribution in [0.25, 0.3) is 0 Å². The summed E-state index contributed by atoms with van der Waals surface area (Å²) in [5.41, 5.74) is 8.39. The van der Waals surface area contributed by atoms with Gasteiger partial charge in [0.25, 0.3) is 0 Å². The molecule has 1 saturated carbocycles. The Balaban J connectivity index is 2.30. The summed E-state index contributed by atoms with van der Waals surface area (Å²) in [5.74, 6) is 0.762.